The van der Waals surface area contributed by atoms with Gasteiger partial charge in [0.15, 0.2) is 0 Å². The first kappa shape index (κ1) is 10.6. The Hall–Kier alpha value is -2.56. The highest BCUT2D eigenvalue weighted by molar-refractivity contribution is 5.76. The van der Waals surface area contributed by atoms with E-state index in [1.165, 1.54) is 12.1 Å². The first-order valence-electron chi connectivity index (χ1n) is 5.37. The van der Waals surface area contributed by atoms with E-state index >= 15 is 0 Å². The maximum atomic E-state index is 13.6. The van der Waals surface area contributed by atoms with E-state index in [0.29, 0.717) is 10.9 Å². The lowest BCUT2D eigenvalue weighted by Gasteiger charge is -2.05. The van der Waals surface area contributed by atoms with Gasteiger partial charge in [-0.25, -0.2) is 4.39 Å². The van der Waals surface area contributed by atoms with Crippen LogP contribution in [-0.2, 0) is 0 Å². The molecular weight excluding hydrogens is 233 g/mol. The van der Waals surface area contributed by atoms with Crippen LogP contribution in [0.3, 0.4) is 0 Å². The van der Waals surface area contributed by atoms with Gasteiger partial charge in [0.25, 0.3) is 5.56 Å². The van der Waals surface area contributed by atoms with E-state index in [9.17, 15) is 9.18 Å². The molecule has 3 rings (SSSR count). The van der Waals surface area contributed by atoms with Crippen molar-refractivity contribution in [3.8, 4) is 5.69 Å². The molecule has 0 aliphatic carbocycles. The van der Waals surface area contributed by atoms with Gasteiger partial charge in [-0.05, 0) is 24.3 Å². The summed E-state index contributed by atoms with van der Waals surface area (Å²) in [5.41, 5.74) is 0.210. The van der Waals surface area contributed by atoms with E-state index in [0.717, 1.165) is 4.68 Å². The number of fused-ring (bicyclic) bond motifs is 1. The fourth-order valence-electron chi connectivity index (χ4n) is 1.77. The van der Waals surface area contributed by atoms with Crippen molar-refractivity contribution in [2.45, 2.75) is 0 Å². The van der Waals surface area contributed by atoms with Gasteiger partial charge in [-0.3, -0.25) is 4.79 Å². The zero-order valence-corrected chi connectivity index (χ0v) is 9.25. The smallest absolute Gasteiger partial charge is 0.267 e. The maximum Gasteiger partial charge on any atom is 0.282 e. The Morgan fingerprint density at radius 3 is 2.56 bits per heavy atom. The van der Waals surface area contributed by atoms with Gasteiger partial charge in [-0.15, -0.1) is 5.10 Å². The highest BCUT2D eigenvalue weighted by atomic mass is 19.1. The first-order valence-corrected chi connectivity index (χ1v) is 5.37. The van der Waals surface area contributed by atoms with Gasteiger partial charge in [0.1, 0.15) is 17.0 Å². The second kappa shape index (κ2) is 4.03. The molecule has 5 heteroatoms. The van der Waals surface area contributed by atoms with Crippen LogP contribution >= 0.6 is 0 Å². The Balaban J connectivity index is 2.35. The SMILES string of the molecule is O=c1c2ccccc2nnn1-c1ccccc1F. The van der Waals surface area contributed by atoms with Crippen molar-refractivity contribution in [3.05, 3.63) is 64.7 Å². The van der Waals surface area contributed by atoms with Crippen molar-refractivity contribution in [1.82, 2.24) is 15.0 Å². The van der Waals surface area contributed by atoms with Crippen LogP contribution in [0.4, 0.5) is 4.39 Å². The molecule has 0 amide bonds. The van der Waals surface area contributed by atoms with Gasteiger partial charge in [-0.1, -0.05) is 29.5 Å². The zero-order chi connectivity index (χ0) is 12.5. The van der Waals surface area contributed by atoms with Gasteiger partial charge < -0.3 is 0 Å². The van der Waals surface area contributed by atoms with E-state index in [2.05, 4.69) is 10.3 Å². The Labute approximate surface area is 101 Å². The zero-order valence-electron chi connectivity index (χ0n) is 9.25. The summed E-state index contributed by atoms with van der Waals surface area (Å²) in [7, 11) is 0. The molecule has 0 saturated heterocycles. The molecule has 0 saturated carbocycles. The molecule has 0 N–H and O–H groups in total. The number of halogens is 1. The number of hydrogen-bond acceptors (Lipinski definition) is 3. The van der Waals surface area contributed by atoms with Gasteiger partial charge in [-0.2, -0.15) is 4.68 Å². The molecule has 1 heterocycles. The predicted molar refractivity (Wildman–Crippen MR) is 65.1 cm³/mol. The molecule has 2 aromatic carbocycles. The number of benzene rings is 2. The lowest BCUT2D eigenvalue weighted by Crippen LogP contribution is -2.23. The summed E-state index contributed by atoms with van der Waals surface area (Å²) in [6.45, 7) is 0. The number of nitrogens with zero attached hydrogens (tertiary/aromatic N) is 3. The minimum atomic E-state index is -0.510. The predicted octanol–water partition coefficient (Wildman–Crippen LogP) is 1.92. The van der Waals surface area contributed by atoms with E-state index in [1.54, 1.807) is 36.4 Å². The Morgan fingerprint density at radius 2 is 1.72 bits per heavy atom. The average molecular weight is 241 g/mol. The van der Waals surface area contributed by atoms with E-state index in [4.69, 9.17) is 0 Å². The first-order chi connectivity index (χ1) is 8.77. The van der Waals surface area contributed by atoms with Crippen LogP contribution in [0.1, 0.15) is 0 Å². The Bertz CT molecular complexity index is 782. The fourth-order valence-corrected chi connectivity index (χ4v) is 1.77. The summed E-state index contributed by atoms with van der Waals surface area (Å²) in [6, 6.07) is 12.8. The molecule has 0 fully saturated rings. The van der Waals surface area contributed by atoms with Crippen LogP contribution in [0.15, 0.2) is 53.3 Å². The normalized spacial score (nSPS) is 10.7. The molecule has 0 radical (unpaired) electrons. The summed E-state index contributed by atoms with van der Waals surface area (Å²) in [5, 5.41) is 8.07. The molecule has 0 spiro atoms. The van der Waals surface area contributed by atoms with Crippen LogP contribution in [0, 0.1) is 5.82 Å². The second-order valence-electron chi connectivity index (χ2n) is 3.77. The van der Waals surface area contributed by atoms with Crippen LogP contribution in [0.2, 0.25) is 0 Å². The van der Waals surface area contributed by atoms with Gasteiger partial charge in [0.05, 0.1) is 5.39 Å². The Morgan fingerprint density at radius 1 is 1.00 bits per heavy atom. The van der Waals surface area contributed by atoms with Crippen LogP contribution < -0.4 is 5.56 Å². The molecule has 0 atom stereocenters. The lowest BCUT2D eigenvalue weighted by molar-refractivity contribution is 0.598. The minimum Gasteiger partial charge on any atom is -0.267 e. The second-order valence-corrected chi connectivity index (χ2v) is 3.77. The fraction of sp³-hybridized carbons (Fsp3) is 0. The van der Waals surface area contributed by atoms with Crippen molar-refractivity contribution in [1.29, 1.82) is 0 Å². The van der Waals surface area contributed by atoms with Crippen molar-refractivity contribution < 1.29 is 4.39 Å². The number of para-hydroxylation sites is 1. The molecular formula is C13H8FN3O. The molecule has 4 nitrogen and oxygen atoms in total. The van der Waals surface area contributed by atoms with Crippen molar-refractivity contribution in [3.63, 3.8) is 0 Å². The van der Waals surface area contributed by atoms with Crippen molar-refractivity contribution >= 4 is 10.9 Å². The molecule has 3 aromatic rings. The van der Waals surface area contributed by atoms with Gasteiger partial charge in [0, 0.05) is 0 Å². The highest BCUT2D eigenvalue weighted by Crippen LogP contribution is 2.10. The minimum absolute atomic E-state index is 0.0979. The van der Waals surface area contributed by atoms with Gasteiger partial charge >= 0.3 is 0 Å². The molecule has 88 valence electrons. The molecule has 18 heavy (non-hydrogen) atoms. The summed E-state index contributed by atoms with van der Waals surface area (Å²) in [5.74, 6) is -0.510. The summed E-state index contributed by atoms with van der Waals surface area (Å²) >= 11 is 0. The highest BCUT2D eigenvalue weighted by Gasteiger charge is 2.09. The number of hydrogen-bond donors (Lipinski definition) is 0. The van der Waals surface area contributed by atoms with Crippen molar-refractivity contribution in [2.24, 2.45) is 0 Å². The maximum absolute atomic E-state index is 13.6. The standard InChI is InChI=1S/C13H8FN3O/c14-10-6-2-4-8-12(10)17-13(18)9-5-1-3-7-11(9)15-16-17/h1-8H. The van der Waals surface area contributed by atoms with E-state index in [1.807, 2.05) is 0 Å². The van der Waals surface area contributed by atoms with Crippen LogP contribution in [-0.4, -0.2) is 15.0 Å². The molecule has 0 aliphatic rings. The monoisotopic (exact) mass is 241 g/mol. The Kier molecular flexibility index (Phi) is 2.37. The average Bonchev–Trinajstić information content (AvgIpc) is 2.41. The third kappa shape index (κ3) is 1.57. The third-order valence-corrected chi connectivity index (χ3v) is 2.65. The van der Waals surface area contributed by atoms with Crippen molar-refractivity contribution in [2.75, 3.05) is 0 Å². The molecule has 0 bridgehead atoms. The van der Waals surface area contributed by atoms with E-state index in [-0.39, 0.29) is 11.2 Å². The quantitative estimate of drug-likeness (QED) is 0.654. The lowest BCUT2D eigenvalue weighted by atomic mass is 10.2. The summed E-state index contributed by atoms with van der Waals surface area (Å²) in [6.07, 6.45) is 0. The molecule has 1 aromatic heterocycles. The van der Waals surface area contributed by atoms with Crippen LogP contribution in [0.5, 0.6) is 0 Å². The third-order valence-electron chi connectivity index (χ3n) is 2.65. The topological polar surface area (TPSA) is 47.8 Å². The largest absolute Gasteiger partial charge is 0.282 e. The number of aromatic nitrogens is 3. The molecule has 0 aliphatic heterocycles. The van der Waals surface area contributed by atoms with Gasteiger partial charge in [0.2, 0.25) is 0 Å². The summed E-state index contributed by atoms with van der Waals surface area (Å²) < 4.78 is 14.6. The van der Waals surface area contributed by atoms with Crippen LogP contribution in [0.25, 0.3) is 16.6 Å². The number of rotatable bonds is 1. The summed E-state index contributed by atoms with van der Waals surface area (Å²) in [4.78, 5) is 12.2. The van der Waals surface area contributed by atoms with E-state index < -0.39 is 5.82 Å². The molecule has 0 unspecified atom stereocenters.